The van der Waals surface area contributed by atoms with Crippen molar-refractivity contribution in [3.05, 3.63) is 59.4 Å². The molecule has 2 aromatic carbocycles. The fourth-order valence-electron chi connectivity index (χ4n) is 2.33. The van der Waals surface area contributed by atoms with Crippen molar-refractivity contribution in [2.24, 2.45) is 0 Å². The van der Waals surface area contributed by atoms with E-state index in [1.165, 1.54) is 11.6 Å². The number of ether oxygens (including phenoxy) is 1. The molecule has 1 atom stereocenters. The number of hydrogen-bond donors (Lipinski definition) is 1. The van der Waals surface area contributed by atoms with Crippen LogP contribution in [0.4, 0.5) is 4.39 Å². The average molecular weight is 287 g/mol. The summed E-state index contributed by atoms with van der Waals surface area (Å²) in [5.74, 6) is 1.20. The Morgan fingerprint density at radius 2 is 1.71 bits per heavy atom. The van der Waals surface area contributed by atoms with Crippen molar-refractivity contribution >= 4 is 0 Å². The maximum Gasteiger partial charge on any atom is 0.127 e. The van der Waals surface area contributed by atoms with E-state index in [-0.39, 0.29) is 5.82 Å². The highest BCUT2D eigenvalue weighted by Crippen LogP contribution is 2.25. The van der Waals surface area contributed by atoms with Crippen molar-refractivity contribution in [2.75, 3.05) is 6.54 Å². The smallest absolute Gasteiger partial charge is 0.127 e. The van der Waals surface area contributed by atoms with E-state index in [1.54, 1.807) is 19.1 Å². The lowest BCUT2D eigenvalue weighted by Crippen LogP contribution is -2.19. The molecule has 0 aromatic heterocycles. The van der Waals surface area contributed by atoms with Gasteiger partial charge in [-0.3, -0.25) is 0 Å². The van der Waals surface area contributed by atoms with Gasteiger partial charge in [0.2, 0.25) is 0 Å². The SMILES string of the molecule is CCNC(CC)c1ccc(Oc2ccc(F)c(C)c2)cc1. The molecule has 1 N–H and O–H groups in total. The van der Waals surface area contributed by atoms with E-state index in [4.69, 9.17) is 4.74 Å². The Kier molecular flexibility index (Phi) is 5.34. The van der Waals surface area contributed by atoms with Gasteiger partial charge in [0.1, 0.15) is 17.3 Å². The van der Waals surface area contributed by atoms with Crippen LogP contribution >= 0.6 is 0 Å². The predicted octanol–water partition coefficient (Wildman–Crippen LogP) is 4.99. The molecule has 2 rings (SSSR count). The van der Waals surface area contributed by atoms with E-state index in [2.05, 4.69) is 31.3 Å². The van der Waals surface area contributed by atoms with Gasteiger partial charge in [-0.05, 0) is 61.3 Å². The molecule has 0 saturated carbocycles. The highest BCUT2D eigenvalue weighted by molar-refractivity contribution is 5.36. The second-order valence-electron chi connectivity index (χ2n) is 5.10. The molecule has 0 heterocycles. The Labute approximate surface area is 126 Å². The van der Waals surface area contributed by atoms with Crippen LogP contribution in [0.25, 0.3) is 0 Å². The molecule has 0 radical (unpaired) electrons. The van der Waals surface area contributed by atoms with E-state index in [9.17, 15) is 4.39 Å². The summed E-state index contributed by atoms with van der Waals surface area (Å²) in [7, 11) is 0. The standard InChI is InChI=1S/C18H22FNO/c1-4-18(20-5-2)14-6-8-15(9-7-14)21-16-10-11-17(19)13(3)12-16/h6-12,18,20H,4-5H2,1-3H3. The first kappa shape index (κ1) is 15.5. The summed E-state index contributed by atoms with van der Waals surface area (Å²) in [6.45, 7) is 6.95. The number of halogens is 1. The molecule has 2 nitrogen and oxygen atoms in total. The van der Waals surface area contributed by atoms with E-state index in [0.29, 0.717) is 17.4 Å². The van der Waals surface area contributed by atoms with E-state index in [0.717, 1.165) is 18.7 Å². The molecule has 2 aromatic rings. The second kappa shape index (κ2) is 7.23. The van der Waals surface area contributed by atoms with Crippen molar-refractivity contribution in [1.82, 2.24) is 5.32 Å². The predicted molar refractivity (Wildman–Crippen MR) is 84.4 cm³/mol. The van der Waals surface area contributed by atoms with Crippen LogP contribution in [0.5, 0.6) is 11.5 Å². The molecule has 112 valence electrons. The van der Waals surface area contributed by atoms with Crippen molar-refractivity contribution in [1.29, 1.82) is 0 Å². The molecule has 21 heavy (non-hydrogen) atoms. The summed E-state index contributed by atoms with van der Waals surface area (Å²) in [4.78, 5) is 0. The van der Waals surface area contributed by atoms with Crippen LogP contribution in [0, 0.1) is 12.7 Å². The van der Waals surface area contributed by atoms with Crippen molar-refractivity contribution in [3.63, 3.8) is 0 Å². The fourth-order valence-corrected chi connectivity index (χ4v) is 2.33. The van der Waals surface area contributed by atoms with Crippen molar-refractivity contribution in [3.8, 4) is 11.5 Å². The number of rotatable bonds is 6. The fraction of sp³-hybridized carbons (Fsp3) is 0.333. The molecular weight excluding hydrogens is 265 g/mol. The summed E-state index contributed by atoms with van der Waals surface area (Å²) in [5, 5.41) is 3.45. The summed E-state index contributed by atoms with van der Waals surface area (Å²) in [6, 6.07) is 13.2. The van der Waals surface area contributed by atoms with Crippen LogP contribution in [-0.4, -0.2) is 6.54 Å². The molecule has 1 unspecified atom stereocenters. The van der Waals surface area contributed by atoms with E-state index >= 15 is 0 Å². The maximum atomic E-state index is 13.2. The van der Waals surface area contributed by atoms with Gasteiger partial charge in [0.05, 0.1) is 0 Å². The molecule has 0 spiro atoms. The minimum absolute atomic E-state index is 0.214. The zero-order chi connectivity index (χ0) is 15.2. The van der Waals surface area contributed by atoms with E-state index < -0.39 is 0 Å². The third-order valence-electron chi connectivity index (χ3n) is 3.51. The van der Waals surface area contributed by atoms with Gasteiger partial charge >= 0.3 is 0 Å². The van der Waals surface area contributed by atoms with Crippen LogP contribution in [-0.2, 0) is 0 Å². The highest BCUT2D eigenvalue weighted by Gasteiger charge is 2.08. The molecule has 3 heteroatoms. The molecule has 0 aliphatic carbocycles. The van der Waals surface area contributed by atoms with Crippen LogP contribution < -0.4 is 10.1 Å². The highest BCUT2D eigenvalue weighted by atomic mass is 19.1. The zero-order valence-corrected chi connectivity index (χ0v) is 12.8. The Morgan fingerprint density at radius 3 is 2.29 bits per heavy atom. The Balaban J connectivity index is 2.09. The number of hydrogen-bond acceptors (Lipinski definition) is 2. The minimum atomic E-state index is -0.214. The normalized spacial score (nSPS) is 12.2. The van der Waals surface area contributed by atoms with Gasteiger partial charge in [-0.1, -0.05) is 26.0 Å². The molecule has 0 fully saturated rings. The van der Waals surface area contributed by atoms with Crippen LogP contribution in [0.15, 0.2) is 42.5 Å². The Morgan fingerprint density at radius 1 is 1.05 bits per heavy atom. The molecule has 0 aliphatic rings. The molecule has 0 saturated heterocycles. The lowest BCUT2D eigenvalue weighted by Gasteiger charge is -2.16. The molecule has 0 bridgehead atoms. The lowest BCUT2D eigenvalue weighted by atomic mass is 10.0. The van der Waals surface area contributed by atoms with Gasteiger partial charge in [0.15, 0.2) is 0 Å². The number of aryl methyl sites for hydroxylation is 1. The zero-order valence-electron chi connectivity index (χ0n) is 12.8. The summed E-state index contributed by atoms with van der Waals surface area (Å²) < 4.78 is 19.0. The summed E-state index contributed by atoms with van der Waals surface area (Å²) in [6.07, 6.45) is 1.05. The summed E-state index contributed by atoms with van der Waals surface area (Å²) in [5.41, 5.74) is 1.84. The molecule has 0 amide bonds. The van der Waals surface area contributed by atoms with Gasteiger partial charge in [-0.25, -0.2) is 4.39 Å². The third kappa shape index (κ3) is 4.05. The van der Waals surface area contributed by atoms with Crippen LogP contribution in [0.2, 0.25) is 0 Å². The van der Waals surface area contributed by atoms with E-state index in [1.807, 2.05) is 12.1 Å². The molecule has 0 aliphatic heterocycles. The average Bonchev–Trinajstić information content (AvgIpc) is 2.49. The Bertz CT molecular complexity index is 580. The van der Waals surface area contributed by atoms with Gasteiger partial charge in [0, 0.05) is 6.04 Å². The van der Waals surface area contributed by atoms with Gasteiger partial charge in [-0.2, -0.15) is 0 Å². The lowest BCUT2D eigenvalue weighted by molar-refractivity contribution is 0.478. The van der Waals surface area contributed by atoms with Crippen LogP contribution in [0.1, 0.15) is 37.4 Å². The number of nitrogens with one attached hydrogen (secondary N) is 1. The van der Waals surface area contributed by atoms with Crippen LogP contribution in [0.3, 0.4) is 0 Å². The topological polar surface area (TPSA) is 21.3 Å². The molecular formula is C18H22FNO. The van der Waals surface area contributed by atoms with Gasteiger partial charge in [0.25, 0.3) is 0 Å². The third-order valence-corrected chi connectivity index (χ3v) is 3.51. The largest absolute Gasteiger partial charge is 0.457 e. The van der Waals surface area contributed by atoms with Crippen molar-refractivity contribution < 1.29 is 9.13 Å². The first-order valence-electron chi connectivity index (χ1n) is 7.41. The van der Waals surface area contributed by atoms with Crippen molar-refractivity contribution in [2.45, 2.75) is 33.2 Å². The monoisotopic (exact) mass is 287 g/mol. The van der Waals surface area contributed by atoms with Gasteiger partial charge < -0.3 is 10.1 Å². The first-order valence-corrected chi connectivity index (χ1v) is 7.41. The quantitative estimate of drug-likeness (QED) is 0.808. The minimum Gasteiger partial charge on any atom is -0.457 e. The maximum absolute atomic E-state index is 13.2. The second-order valence-corrected chi connectivity index (χ2v) is 5.10. The first-order chi connectivity index (χ1) is 10.1. The number of benzene rings is 2. The summed E-state index contributed by atoms with van der Waals surface area (Å²) >= 11 is 0. The van der Waals surface area contributed by atoms with Gasteiger partial charge in [-0.15, -0.1) is 0 Å². The Hall–Kier alpha value is -1.87.